The van der Waals surface area contributed by atoms with E-state index in [2.05, 4.69) is 35.1 Å². The number of nitrogens with one attached hydrogen (secondary N) is 1. The van der Waals surface area contributed by atoms with Gasteiger partial charge in [0.1, 0.15) is 5.82 Å². The van der Waals surface area contributed by atoms with Crippen LogP contribution in [0.5, 0.6) is 0 Å². The lowest BCUT2D eigenvalue weighted by atomic mass is 10.1. The van der Waals surface area contributed by atoms with Crippen molar-refractivity contribution < 1.29 is 0 Å². The molecule has 0 radical (unpaired) electrons. The standard InChI is InChI=1S/C17H18N2/c1-4-6-15-11-16(9-8-14(15)5-2)19-17-10-7-13(3)12-18-17/h4-12H,2H2,1,3H3,(H,18,19)/b6-4-. The van der Waals surface area contributed by atoms with E-state index in [4.69, 9.17) is 0 Å². The molecule has 0 bridgehead atoms. The second-order valence-corrected chi connectivity index (χ2v) is 4.39. The summed E-state index contributed by atoms with van der Waals surface area (Å²) in [4.78, 5) is 4.34. The average Bonchev–Trinajstić information content (AvgIpc) is 2.42. The van der Waals surface area contributed by atoms with Gasteiger partial charge in [-0.3, -0.25) is 0 Å². The Balaban J connectivity index is 2.28. The molecule has 0 saturated heterocycles. The zero-order valence-corrected chi connectivity index (χ0v) is 11.4. The maximum Gasteiger partial charge on any atom is 0.130 e. The summed E-state index contributed by atoms with van der Waals surface area (Å²) < 4.78 is 0. The molecule has 0 aliphatic carbocycles. The normalized spacial score (nSPS) is 10.6. The van der Waals surface area contributed by atoms with Crippen LogP contribution in [0, 0.1) is 6.92 Å². The van der Waals surface area contributed by atoms with Gasteiger partial charge in [0.15, 0.2) is 0 Å². The van der Waals surface area contributed by atoms with Gasteiger partial charge in [0, 0.05) is 11.9 Å². The number of rotatable bonds is 4. The summed E-state index contributed by atoms with van der Waals surface area (Å²) in [7, 11) is 0. The van der Waals surface area contributed by atoms with Gasteiger partial charge in [-0.2, -0.15) is 0 Å². The number of hydrogen-bond donors (Lipinski definition) is 1. The van der Waals surface area contributed by atoms with Crippen LogP contribution < -0.4 is 5.32 Å². The van der Waals surface area contributed by atoms with Crippen LogP contribution in [0.1, 0.15) is 23.6 Å². The molecular weight excluding hydrogens is 232 g/mol. The molecule has 0 saturated carbocycles. The SMILES string of the molecule is C=Cc1ccc(Nc2ccc(C)cn2)cc1/C=C\C. The predicted octanol–water partition coefficient (Wildman–Crippen LogP) is 4.81. The van der Waals surface area contributed by atoms with Gasteiger partial charge in [-0.25, -0.2) is 4.98 Å². The number of benzene rings is 1. The van der Waals surface area contributed by atoms with Gasteiger partial charge in [-0.1, -0.05) is 36.9 Å². The smallest absolute Gasteiger partial charge is 0.130 e. The monoisotopic (exact) mass is 250 g/mol. The second kappa shape index (κ2) is 6.01. The summed E-state index contributed by atoms with van der Waals surface area (Å²) in [5, 5.41) is 3.30. The molecule has 0 fully saturated rings. The van der Waals surface area contributed by atoms with Crippen molar-refractivity contribution in [2.24, 2.45) is 0 Å². The first-order chi connectivity index (χ1) is 9.22. The molecule has 1 aromatic carbocycles. The number of pyridine rings is 1. The van der Waals surface area contributed by atoms with Gasteiger partial charge in [-0.05, 0) is 48.7 Å². The average molecular weight is 250 g/mol. The van der Waals surface area contributed by atoms with Crippen molar-refractivity contribution in [1.82, 2.24) is 4.98 Å². The first-order valence-corrected chi connectivity index (χ1v) is 6.32. The van der Waals surface area contributed by atoms with Crippen LogP contribution in [0.15, 0.2) is 49.2 Å². The van der Waals surface area contributed by atoms with Gasteiger partial charge in [0.25, 0.3) is 0 Å². The molecule has 0 unspecified atom stereocenters. The Kier molecular flexibility index (Phi) is 4.14. The Morgan fingerprint density at radius 1 is 1.16 bits per heavy atom. The lowest BCUT2D eigenvalue weighted by molar-refractivity contribution is 1.26. The van der Waals surface area contributed by atoms with E-state index in [9.17, 15) is 0 Å². The van der Waals surface area contributed by atoms with Crippen molar-refractivity contribution in [1.29, 1.82) is 0 Å². The van der Waals surface area contributed by atoms with Gasteiger partial charge in [0.2, 0.25) is 0 Å². The third-order valence-electron chi connectivity index (χ3n) is 2.84. The summed E-state index contributed by atoms with van der Waals surface area (Å²) in [6.45, 7) is 7.87. The molecule has 1 N–H and O–H groups in total. The molecule has 0 aliphatic rings. The van der Waals surface area contributed by atoms with Crippen LogP contribution >= 0.6 is 0 Å². The van der Waals surface area contributed by atoms with Gasteiger partial charge < -0.3 is 5.32 Å². The molecule has 1 heterocycles. The molecule has 2 aromatic rings. The van der Waals surface area contributed by atoms with E-state index in [-0.39, 0.29) is 0 Å². The van der Waals surface area contributed by atoms with E-state index in [1.54, 1.807) is 0 Å². The molecule has 0 aliphatic heterocycles. The Hall–Kier alpha value is -2.35. The lowest BCUT2D eigenvalue weighted by Gasteiger charge is -2.08. The Labute approximate surface area is 114 Å². The summed E-state index contributed by atoms with van der Waals surface area (Å²) in [5.74, 6) is 0.850. The molecule has 0 amide bonds. The van der Waals surface area contributed by atoms with Gasteiger partial charge >= 0.3 is 0 Å². The molecule has 0 spiro atoms. The highest BCUT2D eigenvalue weighted by Gasteiger charge is 2.00. The van der Waals surface area contributed by atoms with E-state index in [0.29, 0.717) is 0 Å². The highest BCUT2D eigenvalue weighted by atomic mass is 15.0. The van der Waals surface area contributed by atoms with Crippen molar-refractivity contribution in [2.75, 3.05) is 5.32 Å². The molecule has 19 heavy (non-hydrogen) atoms. The number of hydrogen-bond acceptors (Lipinski definition) is 2. The van der Waals surface area contributed by atoms with Crippen molar-refractivity contribution >= 4 is 23.7 Å². The topological polar surface area (TPSA) is 24.9 Å². The number of allylic oxidation sites excluding steroid dienone is 1. The minimum atomic E-state index is 0.850. The van der Waals surface area contributed by atoms with Crippen LogP contribution in [0.2, 0.25) is 0 Å². The first-order valence-electron chi connectivity index (χ1n) is 6.32. The van der Waals surface area contributed by atoms with E-state index < -0.39 is 0 Å². The highest BCUT2D eigenvalue weighted by Crippen LogP contribution is 2.21. The summed E-state index contributed by atoms with van der Waals surface area (Å²) in [5.41, 5.74) is 4.45. The molecule has 2 heteroatoms. The van der Waals surface area contributed by atoms with Crippen molar-refractivity contribution in [3.05, 3.63) is 65.9 Å². The van der Waals surface area contributed by atoms with Crippen LogP contribution in [-0.2, 0) is 0 Å². The number of nitrogens with zero attached hydrogens (tertiary/aromatic N) is 1. The van der Waals surface area contributed by atoms with Crippen LogP contribution in [0.25, 0.3) is 12.2 Å². The minimum Gasteiger partial charge on any atom is -0.340 e. The zero-order chi connectivity index (χ0) is 13.7. The van der Waals surface area contributed by atoms with Crippen molar-refractivity contribution in [2.45, 2.75) is 13.8 Å². The van der Waals surface area contributed by atoms with Crippen LogP contribution in [-0.4, -0.2) is 4.98 Å². The summed E-state index contributed by atoms with van der Waals surface area (Å²) in [6, 6.07) is 10.2. The largest absolute Gasteiger partial charge is 0.340 e. The van der Waals surface area contributed by atoms with E-state index >= 15 is 0 Å². The maximum atomic E-state index is 4.34. The van der Waals surface area contributed by atoms with Gasteiger partial charge in [0.05, 0.1) is 0 Å². The number of anilines is 2. The third-order valence-corrected chi connectivity index (χ3v) is 2.84. The number of aromatic nitrogens is 1. The predicted molar refractivity (Wildman–Crippen MR) is 83.5 cm³/mol. The first kappa shape index (κ1) is 13.1. The maximum absolute atomic E-state index is 4.34. The van der Waals surface area contributed by atoms with Crippen LogP contribution in [0.4, 0.5) is 11.5 Å². The molecular formula is C17H18N2. The third kappa shape index (κ3) is 3.32. The fourth-order valence-corrected chi connectivity index (χ4v) is 1.85. The quantitative estimate of drug-likeness (QED) is 0.842. The van der Waals surface area contributed by atoms with Crippen LogP contribution in [0.3, 0.4) is 0 Å². The fourth-order valence-electron chi connectivity index (χ4n) is 1.85. The highest BCUT2D eigenvalue weighted by molar-refractivity contribution is 5.70. The summed E-state index contributed by atoms with van der Waals surface area (Å²) in [6.07, 6.45) is 7.82. The lowest BCUT2D eigenvalue weighted by Crippen LogP contribution is -1.94. The molecule has 1 aromatic heterocycles. The van der Waals surface area contributed by atoms with Crippen molar-refractivity contribution in [3.8, 4) is 0 Å². The minimum absolute atomic E-state index is 0.850. The van der Waals surface area contributed by atoms with E-state index in [0.717, 1.165) is 28.2 Å². The van der Waals surface area contributed by atoms with Gasteiger partial charge in [-0.15, -0.1) is 0 Å². The molecule has 2 rings (SSSR count). The summed E-state index contributed by atoms with van der Waals surface area (Å²) >= 11 is 0. The Bertz CT molecular complexity index is 595. The Morgan fingerprint density at radius 2 is 2.00 bits per heavy atom. The molecule has 2 nitrogen and oxygen atoms in total. The van der Waals surface area contributed by atoms with E-state index in [1.807, 2.05) is 50.4 Å². The van der Waals surface area contributed by atoms with E-state index in [1.165, 1.54) is 0 Å². The van der Waals surface area contributed by atoms with Crippen molar-refractivity contribution in [3.63, 3.8) is 0 Å². The molecule has 0 atom stereocenters. The molecule has 96 valence electrons. The zero-order valence-electron chi connectivity index (χ0n) is 11.4. The fraction of sp³-hybridized carbons (Fsp3) is 0.118. The Morgan fingerprint density at radius 3 is 2.63 bits per heavy atom. The second-order valence-electron chi connectivity index (χ2n) is 4.39. The number of aryl methyl sites for hydroxylation is 1.